The van der Waals surface area contributed by atoms with Crippen LogP contribution in [0.15, 0.2) is 176 Å². The van der Waals surface area contributed by atoms with Gasteiger partial charge in [-0.25, -0.2) is 15.0 Å². The molecule has 0 spiro atoms. The fourth-order valence-electron chi connectivity index (χ4n) is 6.80. The molecule has 0 atom stereocenters. The van der Waals surface area contributed by atoms with Crippen LogP contribution in [-0.2, 0) is 0 Å². The predicted molar refractivity (Wildman–Crippen MR) is 200 cm³/mol. The van der Waals surface area contributed by atoms with Crippen LogP contribution in [0.25, 0.3) is 88.7 Å². The lowest BCUT2D eigenvalue weighted by Gasteiger charge is -2.15. The molecule has 48 heavy (non-hydrogen) atoms. The van der Waals surface area contributed by atoms with Crippen LogP contribution >= 0.6 is 0 Å². The van der Waals surface area contributed by atoms with Crippen LogP contribution in [0, 0.1) is 0 Å². The van der Waals surface area contributed by atoms with Crippen molar-refractivity contribution in [3.8, 4) is 56.4 Å². The molecule has 0 aliphatic carbocycles. The number of fused-ring (bicyclic) bond motifs is 4. The van der Waals surface area contributed by atoms with Gasteiger partial charge < -0.3 is 0 Å². The highest BCUT2D eigenvalue weighted by atomic mass is 15.0. The molecule has 3 heteroatoms. The van der Waals surface area contributed by atoms with E-state index in [9.17, 15) is 0 Å². The Morgan fingerprint density at radius 3 is 1.54 bits per heavy atom. The van der Waals surface area contributed by atoms with E-state index in [1.807, 2.05) is 6.07 Å². The third-order valence-electron chi connectivity index (χ3n) is 9.14. The molecule has 0 saturated heterocycles. The van der Waals surface area contributed by atoms with E-state index in [1.165, 1.54) is 27.1 Å². The van der Waals surface area contributed by atoms with Crippen molar-refractivity contribution < 1.29 is 0 Å². The van der Waals surface area contributed by atoms with E-state index >= 15 is 0 Å². The van der Waals surface area contributed by atoms with Gasteiger partial charge in [0.2, 0.25) is 0 Å². The van der Waals surface area contributed by atoms with Crippen molar-refractivity contribution in [1.29, 1.82) is 0 Å². The fourth-order valence-corrected chi connectivity index (χ4v) is 6.80. The molecule has 224 valence electrons. The molecule has 3 nitrogen and oxygen atoms in total. The summed E-state index contributed by atoms with van der Waals surface area (Å²) in [5, 5.41) is 7.04. The largest absolute Gasteiger partial charge is 0.208 e. The van der Waals surface area contributed by atoms with Gasteiger partial charge in [-0.3, -0.25) is 0 Å². The van der Waals surface area contributed by atoms with Crippen molar-refractivity contribution in [3.05, 3.63) is 176 Å². The first-order valence-electron chi connectivity index (χ1n) is 16.2. The van der Waals surface area contributed by atoms with Gasteiger partial charge in [-0.1, -0.05) is 170 Å². The summed E-state index contributed by atoms with van der Waals surface area (Å²) in [6, 6.07) is 61.6. The maximum absolute atomic E-state index is 5.27. The topological polar surface area (TPSA) is 38.7 Å². The molecule has 0 bridgehead atoms. The number of hydrogen-bond acceptors (Lipinski definition) is 3. The number of rotatable bonds is 5. The van der Waals surface area contributed by atoms with Crippen LogP contribution in [0.1, 0.15) is 0 Å². The molecule has 1 heterocycles. The molecule has 0 saturated carbocycles. The van der Waals surface area contributed by atoms with E-state index < -0.39 is 0 Å². The minimum Gasteiger partial charge on any atom is -0.208 e. The lowest BCUT2D eigenvalue weighted by atomic mass is 9.94. The van der Waals surface area contributed by atoms with Gasteiger partial charge in [0.25, 0.3) is 0 Å². The van der Waals surface area contributed by atoms with E-state index in [1.54, 1.807) is 0 Å². The molecule has 9 aromatic rings. The first-order valence-corrected chi connectivity index (χ1v) is 16.2. The van der Waals surface area contributed by atoms with Crippen LogP contribution in [0.3, 0.4) is 0 Å². The summed E-state index contributed by atoms with van der Waals surface area (Å²) in [6.45, 7) is 0. The van der Waals surface area contributed by atoms with Gasteiger partial charge in [-0.15, -0.1) is 0 Å². The van der Waals surface area contributed by atoms with E-state index in [-0.39, 0.29) is 0 Å². The van der Waals surface area contributed by atoms with Crippen molar-refractivity contribution in [2.24, 2.45) is 0 Å². The smallest absolute Gasteiger partial charge is 0.164 e. The van der Waals surface area contributed by atoms with Crippen molar-refractivity contribution in [3.63, 3.8) is 0 Å². The quantitative estimate of drug-likeness (QED) is 0.182. The van der Waals surface area contributed by atoms with E-state index in [2.05, 4.69) is 170 Å². The molecule has 0 aliphatic heterocycles. The van der Waals surface area contributed by atoms with Gasteiger partial charge in [0.05, 0.1) is 0 Å². The van der Waals surface area contributed by atoms with Gasteiger partial charge in [-0.05, 0) is 60.6 Å². The lowest BCUT2D eigenvalue weighted by molar-refractivity contribution is 1.08. The van der Waals surface area contributed by atoms with Crippen LogP contribution in [0.2, 0.25) is 0 Å². The Hall–Kier alpha value is -6.45. The Kier molecular flexibility index (Phi) is 6.80. The van der Waals surface area contributed by atoms with Crippen molar-refractivity contribution >= 4 is 32.3 Å². The second kappa shape index (κ2) is 11.7. The standard InChI is InChI=1S/C45H29N3/c1-2-13-30(14-3-1)31-25-27-33(28-26-31)43-46-44(41-23-11-10-21-39(41)38-24-12-17-32-15-4-6-18-35(32)38)48-45(47-43)42-29-34-16-5-7-19-36(34)37-20-8-9-22-40(37)42/h1-29H. The Balaban J connectivity index is 1.29. The monoisotopic (exact) mass is 611 g/mol. The average molecular weight is 612 g/mol. The highest BCUT2D eigenvalue weighted by Crippen LogP contribution is 2.38. The van der Waals surface area contributed by atoms with E-state index in [0.29, 0.717) is 17.5 Å². The Bertz CT molecular complexity index is 2600. The summed E-state index contributed by atoms with van der Waals surface area (Å²) >= 11 is 0. The van der Waals surface area contributed by atoms with Crippen molar-refractivity contribution in [1.82, 2.24) is 15.0 Å². The van der Waals surface area contributed by atoms with E-state index in [0.717, 1.165) is 44.2 Å². The number of benzene rings is 8. The normalized spacial score (nSPS) is 11.3. The van der Waals surface area contributed by atoms with Gasteiger partial charge >= 0.3 is 0 Å². The minimum absolute atomic E-state index is 0.638. The van der Waals surface area contributed by atoms with E-state index in [4.69, 9.17) is 15.0 Å². The third kappa shape index (κ3) is 4.90. The highest BCUT2D eigenvalue weighted by molar-refractivity contribution is 6.13. The zero-order chi connectivity index (χ0) is 31.9. The van der Waals surface area contributed by atoms with Gasteiger partial charge in [0.15, 0.2) is 17.5 Å². The molecule has 0 amide bonds. The maximum Gasteiger partial charge on any atom is 0.164 e. The second-order valence-electron chi connectivity index (χ2n) is 12.0. The highest BCUT2D eigenvalue weighted by Gasteiger charge is 2.18. The Labute approximate surface area is 278 Å². The lowest BCUT2D eigenvalue weighted by Crippen LogP contribution is -2.01. The molecule has 0 N–H and O–H groups in total. The zero-order valence-electron chi connectivity index (χ0n) is 26.1. The number of nitrogens with zero attached hydrogens (tertiary/aromatic N) is 3. The summed E-state index contributed by atoms with van der Waals surface area (Å²) in [6.07, 6.45) is 0. The molecule has 0 aliphatic rings. The van der Waals surface area contributed by atoms with Gasteiger partial charge in [-0.2, -0.15) is 0 Å². The van der Waals surface area contributed by atoms with Crippen LogP contribution in [0.5, 0.6) is 0 Å². The maximum atomic E-state index is 5.27. The van der Waals surface area contributed by atoms with Crippen LogP contribution in [0.4, 0.5) is 0 Å². The van der Waals surface area contributed by atoms with Crippen molar-refractivity contribution in [2.45, 2.75) is 0 Å². The molecule has 9 rings (SSSR count). The molecular formula is C45H29N3. The van der Waals surface area contributed by atoms with Crippen molar-refractivity contribution in [2.75, 3.05) is 0 Å². The molecule has 0 radical (unpaired) electrons. The average Bonchev–Trinajstić information content (AvgIpc) is 3.17. The van der Waals surface area contributed by atoms with Gasteiger partial charge in [0, 0.05) is 16.7 Å². The minimum atomic E-state index is 0.638. The third-order valence-corrected chi connectivity index (χ3v) is 9.14. The fraction of sp³-hybridized carbons (Fsp3) is 0. The molecular weight excluding hydrogens is 583 g/mol. The van der Waals surface area contributed by atoms with Crippen LogP contribution in [-0.4, -0.2) is 15.0 Å². The molecule has 1 aromatic heterocycles. The molecule has 8 aromatic carbocycles. The Morgan fingerprint density at radius 2 is 0.750 bits per heavy atom. The Morgan fingerprint density at radius 1 is 0.250 bits per heavy atom. The SMILES string of the molecule is c1ccc(-c2ccc(-c3nc(-c4ccccc4-c4cccc5ccccc45)nc(-c4cc5ccccc5c5ccccc45)n3)cc2)cc1. The summed E-state index contributed by atoms with van der Waals surface area (Å²) in [5.41, 5.74) is 7.44. The summed E-state index contributed by atoms with van der Waals surface area (Å²) in [7, 11) is 0. The summed E-state index contributed by atoms with van der Waals surface area (Å²) < 4.78 is 0. The second-order valence-corrected chi connectivity index (χ2v) is 12.0. The first kappa shape index (κ1) is 27.8. The molecule has 0 unspecified atom stereocenters. The molecule has 0 fully saturated rings. The first-order chi connectivity index (χ1) is 23.8. The summed E-state index contributed by atoms with van der Waals surface area (Å²) in [5.74, 6) is 1.93. The summed E-state index contributed by atoms with van der Waals surface area (Å²) in [4.78, 5) is 15.6. The van der Waals surface area contributed by atoms with Gasteiger partial charge in [0.1, 0.15) is 0 Å². The zero-order valence-corrected chi connectivity index (χ0v) is 26.1. The van der Waals surface area contributed by atoms with Crippen LogP contribution < -0.4 is 0 Å². The number of hydrogen-bond donors (Lipinski definition) is 0. The predicted octanol–water partition coefficient (Wildman–Crippen LogP) is 11.7. The number of aromatic nitrogens is 3.